The maximum absolute atomic E-state index is 12.2. The molecule has 0 saturated heterocycles. The second-order valence-corrected chi connectivity index (χ2v) is 5.72. The summed E-state index contributed by atoms with van der Waals surface area (Å²) in [4.78, 5) is 12.2. The van der Waals surface area contributed by atoms with Gasteiger partial charge < -0.3 is 5.32 Å². The van der Waals surface area contributed by atoms with Crippen LogP contribution in [-0.4, -0.2) is 5.91 Å². The summed E-state index contributed by atoms with van der Waals surface area (Å²) in [5.74, 6) is -0.284. The topological polar surface area (TPSA) is 29.1 Å². The van der Waals surface area contributed by atoms with Crippen molar-refractivity contribution in [1.82, 2.24) is 0 Å². The first-order valence-electron chi connectivity index (χ1n) is 5.50. The molecule has 0 saturated carbocycles. The molecule has 0 atom stereocenters. The van der Waals surface area contributed by atoms with Gasteiger partial charge in [-0.15, -0.1) is 0 Å². The molecule has 0 heterocycles. The van der Waals surface area contributed by atoms with E-state index in [2.05, 4.69) is 21.2 Å². The van der Waals surface area contributed by atoms with Gasteiger partial charge in [0, 0.05) is 10.2 Å². The third-order valence-corrected chi connectivity index (χ3v) is 3.96. The largest absolute Gasteiger partial charge is 0.322 e. The average Bonchev–Trinajstić information content (AvgIpc) is 2.37. The van der Waals surface area contributed by atoms with Crippen LogP contribution in [0.1, 0.15) is 15.9 Å². The highest BCUT2D eigenvalue weighted by atomic mass is 79.9. The van der Waals surface area contributed by atoms with E-state index in [-0.39, 0.29) is 10.9 Å². The molecule has 1 amide bonds. The lowest BCUT2D eigenvalue weighted by atomic mass is 10.1. The smallest absolute Gasteiger partial charge is 0.257 e. The first-order valence-corrected chi connectivity index (χ1v) is 7.05. The summed E-state index contributed by atoms with van der Waals surface area (Å²) in [5.41, 5.74) is 2.05. The van der Waals surface area contributed by atoms with Gasteiger partial charge in [-0.05, 0) is 36.8 Å². The molecule has 0 fully saturated rings. The number of carbonyl (C=O) groups is 1. The number of nitrogens with one attached hydrogen (secondary N) is 1. The van der Waals surface area contributed by atoms with Gasteiger partial charge in [0.2, 0.25) is 0 Å². The minimum Gasteiger partial charge on any atom is -0.322 e. The Kier molecular flexibility index (Phi) is 4.50. The molecule has 0 aliphatic heterocycles. The normalized spacial score (nSPS) is 10.3. The Balaban J connectivity index is 2.31. The van der Waals surface area contributed by atoms with Crippen LogP contribution in [0.4, 0.5) is 5.69 Å². The Morgan fingerprint density at radius 1 is 1.21 bits per heavy atom. The Morgan fingerprint density at radius 2 is 1.95 bits per heavy atom. The fourth-order valence-corrected chi connectivity index (χ4v) is 2.35. The van der Waals surface area contributed by atoms with E-state index < -0.39 is 0 Å². The maximum Gasteiger partial charge on any atom is 0.257 e. The van der Waals surface area contributed by atoms with Gasteiger partial charge in [-0.2, -0.15) is 0 Å². The fraction of sp³-hybridized carbons (Fsp3) is 0.0714. The van der Waals surface area contributed by atoms with Gasteiger partial charge >= 0.3 is 0 Å². The van der Waals surface area contributed by atoms with Crippen molar-refractivity contribution >= 4 is 50.7 Å². The van der Waals surface area contributed by atoms with Crippen LogP contribution in [-0.2, 0) is 0 Å². The molecule has 0 radical (unpaired) electrons. The zero-order valence-corrected chi connectivity index (χ0v) is 13.1. The zero-order chi connectivity index (χ0) is 14.0. The van der Waals surface area contributed by atoms with E-state index in [1.54, 1.807) is 18.2 Å². The van der Waals surface area contributed by atoms with Crippen LogP contribution in [0.15, 0.2) is 40.9 Å². The van der Waals surface area contributed by atoms with Gasteiger partial charge in [0.1, 0.15) is 0 Å². The highest BCUT2D eigenvalue weighted by molar-refractivity contribution is 9.10. The maximum atomic E-state index is 12.2. The van der Waals surface area contributed by atoms with Crippen LogP contribution in [0.5, 0.6) is 0 Å². The SMILES string of the molecule is Cc1ccc(Br)cc1NC(=O)c1cccc(Cl)c1Cl. The fourth-order valence-electron chi connectivity index (χ4n) is 1.60. The molecule has 5 heteroatoms. The molecule has 0 spiro atoms. The summed E-state index contributed by atoms with van der Waals surface area (Å²) < 4.78 is 0.894. The number of hydrogen-bond acceptors (Lipinski definition) is 1. The molecule has 1 N–H and O–H groups in total. The summed E-state index contributed by atoms with van der Waals surface area (Å²) in [6.07, 6.45) is 0. The molecule has 0 aliphatic rings. The van der Waals surface area contributed by atoms with E-state index in [9.17, 15) is 4.79 Å². The summed E-state index contributed by atoms with van der Waals surface area (Å²) in [5, 5.41) is 3.44. The van der Waals surface area contributed by atoms with Gasteiger partial charge in [-0.25, -0.2) is 0 Å². The summed E-state index contributed by atoms with van der Waals surface area (Å²) in [6, 6.07) is 10.6. The predicted octanol–water partition coefficient (Wildman–Crippen LogP) is 5.32. The summed E-state index contributed by atoms with van der Waals surface area (Å²) in [7, 11) is 0. The lowest BCUT2D eigenvalue weighted by molar-refractivity contribution is 0.102. The number of hydrogen-bond donors (Lipinski definition) is 1. The zero-order valence-electron chi connectivity index (χ0n) is 10.0. The third-order valence-electron chi connectivity index (χ3n) is 2.64. The van der Waals surface area contributed by atoms with Gasteiger partial charge in [-0.3, -0.25) is 4.79 Å². The van der Waals surface area contributed by atoms with Crippen molar-refractivity contribution in [3.63, 3.8) is 0 Å². The molecule has 0 aromatic heterocycles. The molecule has 2 aromatic rings. The first-order chi connectivity index (χ1) is 8.99. The number of halogens is 3. The number of benzene rings is 2. The highest BCUT2D eigenvalue weighted by Gasteiger charge is 2.13. The van der Waals surface area contributed by atoms with Crippen molar-refractivity contribution in [2.24, 2.45) is 0 Å². The van der Waals surface area contributed by atoms with Crippen molar-refractivity contribution in [3.05, 3.63) is 62.0 Å². The molecular weight excluding hydrogens is 349 g/mol. The number of anilines is 1. The molecule has 0 aliphatic carbocycles. The van der Waals surface area contributed by atoms with E-state index in [0.717, 1.165) is 15.7 Å². The van der Waals surface area contributed by atoms with Crippen LogP contribution in [0.25, 0.3) is 0 Å². The molecule has 0 unspecified atom stereocenters. The van der Waals surface area contributed by atoms with E-state index in [4.69, 9.17) is 23.2 Å². The monoisotopic (exact) mass is 357 g/mol. The minimum absolute atomic E-state index is 0.259. The van der Waals surface area contributed by atoms with E-state index in [0.29, 0.717) is 10.6 Å². The number of carbonyl (C=O) groups excluding carboxylic acids is 1. The van der Waals surface area contributed by atoms with E-state index in [1.807, 2.05) is 25.1 Å². The van der Waals surface area contributed by atoms with Crippen LogP contribution in [0.2, 0.25) is 10.0 Å². The van der Waals surface area contributed by atoms with Crippen molar-refractivity contribution in [2.75, 3.05) is 5.32 Å². The molecule has 2 aromatic carbocycles. The second kappa shape index (κ2) is 5.95. The van der Waals surface area contributed by atoms with Gasteiger partial charge in [-0.1, -0.05) is 51.3 Å². The summed E-state index contributed by atoms with van der Waals surface area (Å²) in [6.45, 7) is 1.92. The predicted molar refractivity (Wildman–Crippen MR) is 83.3 cm³/mol. The highest BCUT2D eigenvalue weighted by Crippen LogP contribution is 2.27. The Bertz CT molecular complexity index is 643. The lowest BCUT2D eigenvalue weighted by Gasteiger charge is -2.10. The third kappa shape index (κ3) is 3.30. The van der Waals surface area contributed by atoms with Crippen molar-refractivity contribution < 1.29 is 4.79 Å². The van der Waals surface area contributed by atoms with Crippen LogP contribution < -0.4 is 5.32 Å². The molecule has 19 heavy (non-hydrogen) atoms. The van der Waals surface area contributed by atoms with Crippen molar-refractivity contribution in [1.29, 1.82) is 0 Å². The standard InChI is InChI=1S/C14H10BrCl2NO/c1-8-5-6-9(15)7-12(8)18-14(19)10-3-2-4-11(16)13(10)17/h2-7H,1H3,(H,18,19). The van der Waals surface area contributed by atoms with Crippen LogP contribution >= 0.6 is 39.1 Å². The molecule has 98 valence electrons. The van der Waals surface area contributed by atoms with Crippen LogP contribution in [0, 0.1) is 6.92 Å². The first kappa shape index (κ1) is 14.4. The quantitative estimate of drug-likeness (QED) is 0.773. The van der Waals surface area contributed by atoms with Gasteiger partial charge in [0.25, 0.3) is 5.91 Å². The molecule has 2 nitrogen and oxygen atoms in total. The number of amides is 1. The van der Waals surface area contributed by atoms with Crippen molar-refractivity contribution in [3.8, 4) is 0 Å². The Hall–Kier alpha value is -1.03. The van der Waals surface area contributed by atoms with Gasteiger partial charge in [0.05, 0.1) is 15.6 Å². The molecule has 0 bridgehead atoms. The van der Waals surface area contributed by atoms with Crippen LogP contribution in [0.3, 0.4) is 0 Å². The Labute approximate surface area is 129 Å². The second-order valence-electron chi connectivity index (χ2n) is 4.01. The average molecular weight is 359 g/mol. The van der Waals surface area contributed by atoms with E-state index in [1.165, 1.54) is 0 Å². The summed E-state index contributed by atoms with van der Waals surface area (Å²) >= 11 is 15.3. The van der Waals surface area contributed by atoms with E-state index >= 15 is 0 Å². The number of aryl methyl sites for hydroxylation is 1. The number of rotatable bonds is 2. The van der Waals surface area contributed by atoms with Crippen molar-refractivity contribution in [2.45, 2.75) is 6.92 Å². The molecule has 2 rings (SSSR count). The molecular formula is C14H10BrCl2NO. The Morgan fingerprint density at radius 3 is 2.68 bits per heavy atom. The van der Waals surface area contributed by atoms with Gasteiger partial charge in [0.15, 0.2) is 0 Å². The lowest BCUT2D eigenvalue weighted by Crippen LogP contribution is -2.13. The minimum atomic E-state index is -0.284.